The van der Waals surface area contributed by atoms with Crippen LogP contribution in [0, 0.1) is 0 Å². The number of hydrogen-bond acceptors (Lipinski definition) is 8. The Balaban J connectivity index is 1.95. The van der Waals surface area contributed by atoms with Gasteiger partial charge in [-0.25, -0.2) is 19.1 Å². The fraction of sp³-hybridized carbons (Fsp3) is 0.222. The first-order valence-corrected chi connectivity index (χ1v) is 8.10. The van der Waals surface area contributed by atoms with E-state index in [2.05, 4.69) is 5.10 Å². The smallest absolute Gasteiger partial charge is 0.356 e. The third-order valence-corrected chi connectivity index (χ3v) is 4.07. The maximum Gasteiger partial charge on any atom is 0.356 e. The molecule has 0 unspecified atom stereocenters. The minimum absolute atomic E-state index is 0.0369. The van der Waals surface area contributed by atoms with Crippen LogP contribution < -0.4 is 4.90 Å². The fourth-order valence-corrected chi connectivity index (χ4v) is 2.71. The highest BCUT2D eigenvalue weighted by molar-refractivity contribution is 6.03. The molecule has 10 nitrogen and oxygen atoms in total. The molecule has 1 aliphatic heterocycles. The van der Waals surface area contributed by atoms with Gasteiger partial charge in [-0.05, 0) is 30.3 Å². The molecule has 0 amide bonds. The first kappa shape index (κ1) is 19.1. The summed E-state index contributed by atoms with van der Waals surface area (Å²) in [5.74, 6) is -2.49. The lowest BCUT2D eigenvalue weighted by Crippen LogP contribution is -2.38. The van der Waals surface area contributed by atoms with Gasteiger partial charge in [0.2, 0.25) is 0 Å². The van der Waals surface area contributed by atoms with E-state index in [0.717, 1.165) is 0 Å². The molecule has 1 N–H and O–H groups in total. The van der Waals surface area contributed by atoms with Gasteiger partial charge in [-0.15, -0.1) is 0 Å². The van der Waals surface area contributed by atoms with E-state index >= 15 is 0 Å². The van der Waals surface area contributed by atoms with Crippen LogP contribution in [0.4, 0.5) is 5.69 Å². The molecule has 2 heterocycles. The SMILES string of the molecule is COC(=O)C1=C(C(=O)OC)N(c2ccc(-n3ccc(C(=O)O)n3)cc2)COC1. The van der Waals surface area contributed by atoms with E-state index in [4.69, 9.17) is 19.3 Å². The number of ether oxygens (including phenoxy) is 3. The van der Waals surface area contributed by atoms with E-state index < -0.39 is 17.9 Å². The molecule has 0 fully saturated rings. The van der Waals surface area contributed by atoms with Crippen molar-refractivity contribution < 1.29 is 33.7 Å². The number of carboxylic acids is 1. The number of hydrogen-bond donors (Lipinski definition) is 1. The lowest BCUT2D eigenvalue weighted by Gasteiger charge is -2.31. The van der Waals surface area contributed by atoms with Gasteiger partial charge in [0.05, 0.1) is 32.1 Å². The zero-order valence-corrected chi connectivity index (χ0v) is 15.1. The summed E-state index contributed by atoms with van der Waals surface area (Å²) in [6.07, 6.45) is 1.53. The molecule has 28 heavy (non-hydrogen) atoms. The molecule has 0 radical (unpaired) electrons. The van der Waals surface area contributed by atoms with Gasteiger partial charge in [-0.2, -0.15) is 5.10 Å². The van der Waals surface area contributed by atoms with E-state index in [-0.39, 0.29) is 30.3 Å². The van der Waals surface area contributed by atoms with Crippen molar-refractivity contribution in [3.63, 3.8) is 0 Å². The summed E-state index contributed by atoms with van der Waals surface area (Å²) >= 11 is 0. The summed E-state index contributed by atoms with van der Waals surface area (Å²) in [7, 11) is 2.44. The number of benzene rings is 1. The lowest BCUT2D eigenvalue weighted by atomic mass is 10.1. The highest BCUT2D eigenvalue weighted by Gasteiger charge is 2.32. The Morgan fingerprint density at radius 2 is 1.68 bits per heavy atom. The molecule has 1 aromatic heterocycles. The molecule has 0 atom stereocenters. The number of nitrogens with zero attached hydrogens (tertiary/aromatic N) is 3. The van der Waals surface area contributed by atoms with E-state index in [1.54, 1.807) is 24.3 Å². The lowest BCUT2D eigenvalue weighted by molar-refractivity contribution is -0.140. The Morgan fingerprint density at radius 3 is 2.25 bits per heavy atom. The zero-order valence-electron chi connectivity index (χ0n) is 15.1. The average Bonchev–Trinajstić information content (AvgIpc) is 3.23. The average molecular weight is 387 g/mol. The number of carboxylic acid groups (broad SMARTS) is 1. The minimum Gasteiger partial charge on any atom is -0.476 e. The van der Waals surface area contributed by atoms with Crippen molar-refractivity contribution in [3.8, 4) is 5.69 Å². The standard InChI is InChI=1S/C18H17N3O7/c1-26-17(24)13-9-28-10-20(15(13)18(25)27-2)11-3-5-12(6-4-11)21-8-7-14(19-21)16(22)23/h3-8H,9-10H2,1-2H3,(H,22,23). The molecule has 0 spiro atoms. The van der Waals surface area contributed by atoms with Crippen molar-refractivity contribution in [1.82, 2.24) is 9.78 Å². The monoisotopic (exact) mass is 387 g/mol. The number of carbonyl (C=O) groups excluding carboxylic acids is 2. The topological polar surface area (TPSA) is 120 Å². The second-order valence-electron chi connectivity index (χ2n) is 5.68. The summed E-state index contributed by atoms with van der Waals surface area (Å²) in [5.41, 5.74) is 1.21. The van der Waals surface area contributed by atoms with Crippen LogP contribution in [0.2, 0.25) is 0 Å². The molecule has 0 aliphatic carbocycles. The number of aromatic nitrogens is 2. The van der Waals surface area contributed by atoms with Crippen molar-refractivity contribution in [2.45, 2.75) is 0 Å². The van der Waals surface area contributed by atoms with Crippen LogP contribution in [0.3, 0.4) is 0 Å². The van der Waals surface area contributed by atoms with Crippen LogP contribution in [-0.2, 0) is 23.8 Å². The number of carbonyl (C=O) groups is 3. The van der Waals surface area contributed by atoms with Crippen molar-refractivity contribution in [2.75, 3.05) is 32.5 Å². The molecule has 146 valence electrons. The molecular formula is C18H17N3O7. The predicted octanol–water partition coefficient (Wildman–Crippen LogP) is 0.965. The van der Waals surface area contributed by atoms with Crippen LogP contribution in [0.15, 0.2) is 47.8 Å². The largest absolute Gasteiger partial charge is 0.476 e. The van der Waals surface area contributed by atoms with Crippen molar-refractivity contribution in [1.29, 1.82) is 0 Å². The Morgan fingerprint density at radius 1 is 1.04 bits per heavy atom. The minimum atomic E-state index is -1.12. The van der Waals surface area contributed by atoms with Gasteiger partial charge < -0.3 is 24.2 Å². The van der Waals surface area contributed by atoms with E-state index in [1.807, 2.05) is 0 Å². The van der Waals surface area contributed by atoms with E-state index in [0.29, 0.717) is 11.4 Å². The van der Waals surface area contributed by atoms with Crippen LogP contribution in [0.25, 0.3) is 5.69 Å². The number of esters is 2. The van der Waals surface area contributed by atoms with Crippen molar-refractivity contribution >= 4 is 23.6 Å². The Hall–Kier alpha value is -3.66. The van der Waals surface area contributed by atoms with Crippen molar-refractivity contribution in [3.05, 3.63) is 53.5 Å². The van der Waals surface area contributed by atoms with E-state index in [9.17, 15) is 14.4 Å². The predicted molar refractivity (Wildman–Crippen MR) is 94.9 cm³/mol. The van der Waals surface area contributed by atoms with Gasteiger partial charge in [0, 0.05) is 11.9 Å². The van der Waals surface area contributed by atoms with Gasteiger partial charge in [-0.3, -0.25) is 0 Å². The normalized spacial score (nSPS) is 14.0. The van der Waals surface area contributed by atoms with Crippen LogP contribution >= 0.6 is 0 Å². The van der Waals surface area contributed by atoms with Gasteiger partial charge in [0.1, 0.15) is 12.4 Å². The number of methoxy groups -OCH3 is 2. The molecule has 0 bridgehead atoms. The summed E-state index contributed by atoms with van der Waals surface area (Å²) in [4.78, 5) is 36.8. The van der Waals surface area contributed by atoms with Gasteiger partial charge in [0.25, 0.3) is 0 Å². The third-order valence-electron chi connectivity index (χ3n) is 4.07. The Labute approximate surface area is 159 Å². The maximum absolute atomic E-state index is 12.3. The second-order valence-corrected chi connectivity index (χ2v) is 5.68. The van der Waals surface area contributed by atoms with Crippen LogP contribution in [0.5, 0.6) is 0 Å². The number of rotatable bonds is 5. The molecule has 10 heteroatoms. The number of aromatic carboxylic acids is 1. The zero-order chi connectivity index (χ0) is 20.3. The van der Waals surface area contributed by atoms with Crippen LogP contribution in [0.1, 0.15) is 10.5 Å². The first-order chi connectivity index (χ1) is 13.5. The Bertz CT molecular complexity index is 946. The Kier molecular flexibility index (Phi) is 5.41. The van der Waals surface area contributed by atoms with Gasteiger partial charge in [0.15, 0.2) is 5.69 Å². The van der Waals surface area contributed by atoms with Crippen LogP contribution in [-0.4, -0.2) is 60.4 Å². The summed E-state index contributed by atoms with van der Waals surface area (Å²) < 4.78 is 16.4. The van der Waals surface area contributed by atoms with Gasteiger partial charge in [-0.1, -0.05) is 0 Å². The number of anilines is 1. The molecule has 3 rings (SSSR count). The molecule has 0 saturated heterocycles. The molecule has 1 aliphatic rings. The molecule has 0 saturated carbocycles. The maximum atomic E-state index is 12.3. The molecule has 1 aromatic carbocycles. The van der Waals surface area contributed by atoms with Gasteiger partial charge >= 0.3 is 17.9 Å². The summed E-state index contributed by atoms with van der Waals surface area (Å²) in [6.45, 7) is -0.0356. The summed E-state index contributed by atoms with van der Waals surface area (Å²) in [6, 6.07) is 8.13. The van der Waals surface area contributed by atoms with Crippen molar-refractivity contribution in [2.24, 2.45) is 0 Å². The fourth-order valence-electron chi connectivity index (χ4n) is 2.71. The highest BCUT2D eigenvalue weighted by Crippen LogP contribution is 2.27. The second kappa shape index (κ2) is 7.92. The first-order valence-electron chi connectivity index (χ1n) is 8.10. The third kappa shape index (κ3) is 3.58. The quantitative estimate of drug-likeness (QED) is 0.748. The van der Waals surface area contributed by atoms with E-state index in [1.165, 1.54) is 36.1 Å². The highest BCUT2D eigenvalue weighted by atomic mass is 16.5. The molecular weight excluding hydrogens is 370 g/mol. The molecule has 2 aromatic rings. The summed E-state index contributed by atoms with van der Waals surface area (Å²) in [5, 5.41) is 12.9.